The molecule has 21 heavy (non-hydrogen) atoms. The van der Waals surface area contributed by atoms with E-state index >= 15 is 0 Å². The number of nitrogens with two attached hydrogens (primary N) is 1. The summed E-state index contributed by atoms with van der Waals surface area (Å²) in [6.07, 6.45) is 5.83. The molecule has 2 rings (SSSR count). The molecule has 116 valence electrons. The number of amides is 1. The number of rotatable bonds is 7. The molecule has 1 aromatic carbocycles. The summed E-state index contributed by atoms with van der Waals surface area (Å²) in [7, 11) is 0. The number of benzene rings is 1. The highest BCUT2D eigenvalue weighted by Crippen LogP contribution is 2.19. The zero-order valence-corrected chi connectivity index (χ0v) is 12.6. The minimum atomic E-state index is 0.0909. The van der Waals surface area contributed by atoms with Crippen LogP contribution in [0.5, 0.6) is 0 Å². The number of aryl methyl sites for hydroxylation is 1. The molecule has 1 fully saturated rings. The van der Waals surface area contributed by atoms with E-state index in [1.54, 1.807) is 0 Å². The van der Waals surface area contributed by atoms with E-state index in [-0.39, 0.29) is 5.91 Å². The quantitative estimate of drug-likeness (QED) is 0.755. The van der Waals surface area contributed by atoms with Gasteiger partial charge in [0.2, 0.25) is 5.91 Å². The summed E-state index contributed by atoms with van der Waals surface area (Å²) in [4.78, 5) is 11.7. The van der Waals surface area contributed by atoms with Gasteiger partial charge in [-0.15, -0.1) is 0 Å². The Hall–Kier alpha value is -1.39. The molecule has 3 N–H and O–H groups in total. The van der Waals surface area contributed by atoms with Gasteiger partial charge >= 0.3 is 0 Å². The van der Waals surface area contributed by atoms with Gasteiger partial charge < -0.3 is 15.8 Å². The lowest BCUT2D eigenvalue weighted by atomic mass is 9.94. The summed E-state index contributed by atoms with van der Waals surface area (Å²) in [5, 5.41) is 2.91. The predicted molar refractivity (Wildman–Crippen MR) is 84.0 cm³/mol. The van der Waals surface area contributed by atoms with Crippen LogP contribution in [0, 0.1) is 0 Å². The van der Waals surface area contributed by atoms with Crippen molar-refractivity contribution in [3.63, 3.8) is 0 Å². The molecule has 0 atom stereocenters. The number of ether oxygens (including phenoxy) is 1. The number of carbonyl (C=O) groups is 1. The maximum absolute atomic E-state index is 11.7. The summed E-state index contributed by atoms with van der Waals surface area (Å²) in [5.74, 6) is 0.0909. The third-order valence-electron chi connectivity index (χ3n) is 3.98. The van der Waals surface area contributed by atoms with Crippen molar-refractivity contribution in [2.45, 2.75) is 50.7 Å². The highest BCUT2D eigenvalue weighted by molar-refractivity contribution is 5.76. The van der Waals surface area contributed by atoms with Gasteiger partial charge in [0, 0.05) is 19.0 Å². The van der Waals surface area contributed by atoms with Crippen LogP contribution in [0.4, 0.5) is 0 Å². The minimum Gasteiger partial charge on any atom is -0.376 e. The molecule has 0 aliphatic heterocycles. The van der Waals surface area contributed by atoms with E-state index in [1.807, 2.05) is 30.3 Å². The van der Waals surface area contributed by atoms with Crippen molar-refractivity contribution in [2.75, 3.05) is 13.2 Å². The second-order valence-corrected chi connectivity index (χ2v) is 5.74. The van der Waals surface area contributed by atoms with E-state index in [1.165, 1.54) is 5.56 Å². The molecule has 4 nitrogen and oxygen atoms in total. The van der Waals surface area contributed by atoms with Crippen LogP contribution in [-0.2, 0) is 16.0 Å². The van der Waals surface area contributed by atoms with Crippen LogP contribution in [0.25, 0.3) is 0 Å². The maximum atomic E-state index is 11.7. The van der Waals surface area contributed by atoms with Crippen molar-refractivity contribution in [3.8, 4) is 0 Å². The fourth-order valence-electron chi connectivity index (χ4n) is 2.66. The topological polar surface area (TPSA) is 64.3 Å². The summed E-state index contributed by atoms with van der Waals surface area (Å²) in [6, 6.07) is 10.4. The Bertz CT molecular complexity index is 414. The van der Waals surface area contributed by atoms with Crippen LogP contribution in [0.3, 0.4) is 0 Å². The van der Waals surface area contributed by atoms with E-state index in [4.69, 9.17) is 10.5 Å². The predicted octanol–water partition coefficient (Wildman–Crippen LogP) is 2.02. The third-order valence-corrected chi connectivity index (χ3v) is 3.98. The van der Waals surface area contributed by atoms with Crippen molar-refractivity contribution in [1.29, 1.82) is 0 Å². The lowest BCUT2D eigenvalue weighted by molar-refractivity contribution is -0.121. The molecular formula is C17H26N2O2. The average molecular weight is 290 g/mol. The molecule has 0 aromatic heterocycles. The lowest BCUT2D eigenvalue weighted by Gasteiger charge is -2.26. The summed E-state index contributed by atoms with van der Waals surface area (Å²) in [6.45, 7) is 1.19. The molecule has 0 unspecified atom stereocenters. The molecule has 1 aromatic rings. The fourth-order valence-corrected chi connectivity index (χ4v) is 2.66. The molecule has 1 aliphatic carbocycles. The monoisotopic (exact) mass is 290 g/mol. The van der Waals surface area contributed by atoms with Crippen molar-refractivity contribution in [1.82, 2.24) is 5.32 Å². The van der Waals surface area contributed by atoms with Gasteiger partial charge in [0.15, 0.2) is 0 Å². The highest BCUT2D eigenvalue weighted by Gasteiger charge is 2.18. The Kier molecular flexibility index (Phi) is 6.70. The van der Waals surface area contributed by atoms with Crippen molar-refractivity contribution >= 4 is 5.91 Å². The van der Waals surface area contributed by atoms with Crippen LogP contribution in [0.1, 0.15) is 37.7 Å². The largest absolute Gasteiger partial charge is 0.376 e. The van der Waals surface area contributed by atoms with E-state index in [2.05, 4.69) is 5.32 Å². The van der Waals surface area contributed by atoms with Gasteiger partial charge in [-0.05, 0) is 37.7 Å². The number of nitrogens with one attached hydrogen (secondary N) is 1. The molecule has 0 radical (unpaired) electrons. The Morgan fingerprint density at radius 1 is 1.19 bits per heavy atom. The molecule has 0 bridgehead atoms. The molecule has 0 saturated heterocycles. The normalized spacial score (nSPS) is 22.0. The number of hydrogen-bond donors (Lipinski definition) is 2. The Balaban J connectivity index is 1.51. The molecule has 1 saturated carbocycles. The molecule has 0 spiro atoms. The summed E-state index contributed by atoms with van der Waals surface area (Å²) >= 11 is 0. The van der Waals surface area contributed by atoms with Gasteiger partial charge in [0.05, 0.1) is 12.7 Å². The van der Waals surface area contributed by atoms with Gasteiger partial charge in [-0.1, -0.05) is 30.3 Å². The third kappa shape index (κ3) is 6.27. The molecule has 4 heteroatoms. The Morgan fingerprint density at radius 3 is 2.62 bits per heavy atom. The minimum absolute atomic E-state index is 0.0909. The van der Waals surface area contributed by atoms with Gasteiger partial charge in [-0.2, -0.15) is 0 Å². The molecule has 1 aliphatic rings. The zero-order chi connectivity index (χ0) is 14.9. The SMILES string of the molecule is NC1CCC(OCCNC(=O)CCc2ccccc2)CC1. The second kappa shape index (κ2) is 8.80. The van der Waals surface area contributed by atoms with Crippen LogP contribution < -0.4 is 11.1 Å². The van der Waals surface area contributed by atoms with E-state index < -0.39 is 0 Å². The van der Waals surface area contributed by atoms with Crippen LogP contribution in [0.2, 0.25) is 0 Å². The van der Waals surface area contributed by atoms with Gasteiger partial charge in [0.25, 0.3) is 0 Å². The molecular weight excluding hydrogens is 264 g/mol. The van der Waals surface area contributed by atoms with Gasteiger partial charge in [-0.3, -0.25) is 4.79 Å². The average Bonchev–Trinajstić information content (AvgIpc) is 2.52. The van der Waals surface area contributed by atoms with E-state index in [0.717, 1.165) is 32.1 Å². The lowest BCUT2D eigenvalue weighted by Crippen LogP contribution is -2.33. The Labute approximate surface area is 127 Å². The Morgan fingerprint density at radius 2 is 1.90 bits per heavy atom. The first-order valence-corrected chi connectivity index (χ1v) is 7.92. The van der Waals surface area contributed by atoms with Crippen LogP contribution >= 0.6 is 0 Å². The second-order valence-electron chi connectivity index (χ2n) is 5.74. The standard InChI is InChI=1S/C17H26N2O2/c18-15-7-9-16(10-8-15)21-13-12-19-17(20)11-6-14-4-2-1-3-5-14/h1-5,15-16H,6-13,18H2,(H,19,20). The zero-order valence-electron chi connectivity index (χ0n) is 12.6. The van der Waals surface area contributed by atoms with Crippen LogP contribution in [-0.4, -0.2) is 31.2 Å². The smallest absolute Gasteiger partial charge is 0.220 e. The van der Waals surface area contributed by atoms with Gasteiger partial charge in [0.1, 0.15) is 0 Å². The highest BCUT2D eigenvalue weighted by atomic mass is 16.5. The van der Waals surface area contributed by atoms with E-state index in [0.29, 0.717) is 31.7 Å². The molecule has 1 amide bonds. The first kappa shape index (κ1) is 16.0. The fraction of sp³-hybridized carbons (Fsp3) is 0.588. The number of carbonyl (C=O) groups excluding carboxylic acids is 1. The molecule has 0 heterocycles. The first-order valence-electron chi connectivity index (χ1n) is 7.92. The van der Waals surface area contributed by atoms with Crippen molar-refractivity contribution < 1.29 is 9.53 Å². The summed E-state index contributed by atoms with van der Waals surface area (Å²) in [5.41, 5.74) is 7.06. The van der Waals surface area contributed by atoms with Crippen molar-refractivity contribution in [3.05, 3.63) is 35.9 Å². The van der Waals surface area contributed by atoms with Gasteiger partial charge in [-0.25, -0.2) is 0 Å². The van der Waals surface area contributed by atoms with E-state index in [9.17, 15) is 4.79 Å². The maximum Gasteiger partial charge on any atom is 0.220 e. The first-order chi connectivity index (χ1) is 10.2. The van der Waals surface area contributed by atoms with Crippen molar-refractivity contribution in [2.24, 2.45) is 5.73 Å². The summed E-state index contributed by atoms with van der Waals surface area (Å²) < 4.78 is 5.77. The number of hydrogen-bond acceptors (Lipinski definition) is 3. The van der Waals surface area contributed by atoms with Crippen LogP contribution in [0.15, 0.2) is 30.3 Å².